The molecule has 19 heavy (non-hydrogen) atoms. The molecule has 2 N–H and O–H groups in total. The monoisotopic (exact) mass is 302 g/mol. The van der Waals surface area contributed by atoms with Crippen molar-refractivity contribution in [2.75, 3.05) is 12.3 Å². The van der Waals surface area contributed by atoms with Crippen LogP contribution >= 0.6 is 11.6 Å². The minimum absolute atomic E-state index is 0.0467. The number of anilines is 1. The topological polar surface area (TPSA) is 63.4 Å². The second-order valence-electron chi connectivity index (χ2n) is 4.80. The molecule has 0 bridgehead atoms. The quantitative estimate of drug-likeness (QED) is 0.870. The third-order valence-electron chi connectivity index (χ3n) is 3.61. The number of hydrogen-bond donors (Lipinski definition) is 1. The normalized spacial score (nSPS) is 17.2. The molecule has 1 saturated carbocycles. The summed E-state index contributed by atoms with van der Waals surface area (Å²) in [6.07, 6.45) is 3.98. The van der Waals surface area contributed by atoms with E-state index in [9.17, 15) is 8.42 Å². The minimum Gasteiger partial charge on any atom is -0.398 e. The first kappa shape index (κ1) is 14.6. The van der Waals surface area contributed by atoms with Gasteiger partial charge in [-0.1, -0.05) is 37.4 Å². The highest BCUT2D eigenvalue weighted by Gasteiger charge is 2.34. The molecule has 1 fully saturated rings. The fourth-order valence-electron chi connectivity index (χ4n) is 2.73. The first-order valence-corrected chi connectivity index (χ1v) is 8.36. The molecule has 0 unspecified atom stereocenters. The summed E-state index contributed by atoms with van der Waals surface area (Å²) in [6, 6.07) is 4.86. The summed E-state index contributed by atoms with van der Waals surface area (Å²) in [7, 11) is -3.62. The van der Waals surface area contributed by atoms with Crippen molar-refractivity contribution in [2.45, 2.75) is 43.5 Å². The van der Waals surface area contributed by atoms with Gasteiger partial charge in [-0.2, -0.15) is 4.31 Å². The Kier molecular flexibility index (Phi) is 4.38. The Morgan fingerprint density at radius 3 is 2.53 bits per heavy atom. The predicted molar refractivity (Wildman–Crippen MR) is 77.7 cm³/mol. The molecular formula is C13H19ClN2O2S. The highest BCUT2D eigenvalue weighted by Crippen LogP contribution is 2.34. The van der Waals surface area contributed by atoms with Gasteiger partial charge in [0.15, 0.2) is 0 Å². The van der Waals surface area contributed by atoms with E-state index < -0.39 is 10.0 Å². The van der Waals surface area contributed by atoms with Crippen LogP contribution in [0.15, 0.2) is 23.1 Å². The van der Waals surface area contributed by atoms with Crippen LogP contribution in [0.4, 0.5) is 5.69 Å². The van der Waals surface area contributed by atoms with E-state index in [1.165, 1.54) is 4.31 Å². The van der Waals surface area contributed by atoms with Gasteiger partial charge >= 0.3 is 0 Å². The van der Waals surface area contributed by atoms with E-state index in [0.29, 0.717) is 6.54 Å². The molecule has 106 valence electrons. The number of benzene rings is 1. The van der Waals surface area contributed by atoms with Gasteiger partial charge in [-0.3, -0.25) is 0 Å². The molecule has 1 aromatic carbocycles. The van der Waals surface area contributed by atoms with Gasteiger partial charge in [0.2, 0.25) is 10.0 Å². The zero-order chi connectivity index (χ0) is 14.0. The fraction of sp³-hybridized carbons (Fsp3) is 0.538. The van der Waals surface area contributed by atoms with Crippen molar-refractivity contribution in [3.63, 3.8) is 0 Å². The SMILES string of the molecule is CCN(C1CCCC1)S(=O)(=O)c1c(N)cccc1Cl. The van der Waals surface area contributed by atoms with Gasteiger partial charge in [-0.25, -0.2) is 8.42 Å². The van der Waals surface area contributed by atoms with Crippen LogP contribution in [0.3, 0.4) is 0 Å². The van der Waals surface area contributed by atoms with E-state index in [0.717, 1.165) is 25.7 Å². The minimum atomic E-state index is -3.62. The van der Waals surface area contributed by atoms with E-state index in [-0.39, 0.29) is 21.6 Å². The molecule has 2 rings (SSSR count). The maximum absolute atomic E-state index is 12.8. The van der Waals surface area contributed by atoms with Crippen molar-refractivity contribution in [2.24, 2.45) is 0 Å². The molecule has 0 amide bonds. The van der Waals surface area contributed by atoms with Crippen LogP contribution in [0.1, 0.15) is 32.6 Å². The number of hydrogen-bond acceptors (Lipinski definition) is 3. The lowest BCUT2D eigenvalue weighted by atomic mass is 10.2. The van der Waals surface area contributed by atoms with Gasteiger partial charge in [-0.15, -0.1) is 0 Å². The third-order valence-corrected chi connectivity index (χ3v) is 6.18. The van der Waals surface area contributed by atoms with Crippen LogP contribution in [-0.2, 0) is 10.0 Å². The molecule has 0 heterocycles. The van der Waals surface area contributed by atoms with Crippen molar-refractivity contribution in [3.05, 3.63) is 23.2 Å². The molecule has 0 spiro atoms. The standard InChI is InChI=1S/C13H19ClN2O2S/c1-2-16(10-6-3-4-7-10)19(17,18)13-11(14)8-5-9-12(13)15/h5,8-10H,2-4,6-7,15H2,1H3. The molecule has 0 aliphatic heterocycles. The summed E-state index contributed by atoms with van der Waals surface area (Å²) in [4.78, 5) is 0.0467. The Morgan fingerprint density at radius 1 is 1.37 bits per heavy atom. The number of nitrogen functional groups attached to an aromatic ring is 1. The Hall–Kier alpha value is -0.780. The maximum atomic E-state index is 12.8. The number of halogens is 1. The average molecular weight is 303 g/mol. The van der Waals surface area contributed by atoms with E-state index in [4.69, 9.17) is 17.3 Å². The third kappa shape index (κ3) is 2.73. The summed E-state index contributed by atoms with van der Waals surface area (Å²) in [6.45, 7) is 2.29. The van der Waals surface area contributed by atoms with E-state index in [1.54, 1.807) is 18.2 Å². The van der Waals surface area contributed by atoms with Crippen LogP contribution in [0.2, 0.25) is 5.02 Å². The van der Waals surface area contributed by atoms with Crippen LogP contribution in [0, 0.1) is 0 Å². The first-order chi connectivity index (χ1) is 8.98. The average Bonchev–Trinajstić information content (AvgIpc) is 2.82. The Labute approximate surface area is 119 Å². The van der Waals surface area contributed by atoms with Crippen molar-refractivity contribution >= 4 is 27.3 Å². The smallest absolute Gasteiger partial charge is 0.246 e. The molecule has 1 aliphatic rings. The Balaban J connectivity index is 2.45. The van der Waals surface area contributed by atoms with E-state index in [2.05, 4.69) is 0 Å². The molecule has 0 radical (unpaired) electrons. The molecule has 4 nitrogen and oxygen atoms in total. The van der Waals surface area contributed by atoms with Crippen LogP contribution in [-0.4, -0.2) is 25.3 Å². The second kappa shape index (κ2) is 5.69. The highest BCUT2D eigenvalue weighted by atomic mass is 35.5. The van der Waals surface area contributed by atoms with Crippen molar-refractivity contribution in [1.82, 2.24) is 4.31 Å². The summed E-state index contributed by atoms with van der Waals surface area (Å²) >= 11 is 6.04. The summed E-state index contributed by atoms with van der Waals surface area (Å²) < 4.78 is 27.0. The lowest BCUT2D eigenvalue weighted by Crippen LogP contribution is -2.39. The highest BCUT2D eigenvalue weighted by molar-refractivity contribution is 7.89. The van der Waals surface area contributed by atoms with E-state index >= 15 is 0 Å². The molecule has 0 saturated heterocycles. The van der Waals surface area contributed by atoms with Crippen LogP contribution < -0.4 is 5.73 Å². The van der Waals surface area contributed by atoms with E-state index in [1.807, 2.05) is 6.92 Å². The zero-order valence-corrected chi connectivity index (χ0v) is 12.5. The van der Waals surface area contributed by atoms with Crippen molar-refractivity contribution < 1.29 is 8.42 Å². The van der Waals surface area contributed by atoms with Gasteiger partial charge in [-0.05, 0) is 25.0 Å². The predicted octanol–water partition coefficient (Wildman–Crippen LogP) is 2.88. The Bertz CT molecular complexity index is 534. The summed E-state index contributed by atoms with van der Waals surface area (Å²) in [5.74, 6) is 0. The summed E-state index contributed by atoms with van der Waals surface area (Å²) in [5.41, 5.74) is 6.02. The first-order valence-electron chi connectivity index (χ1n) is 6.54. The zero-order valence-electron chi connectivity index (χ0n) is 11.0. The molecule has 6 heteroatoms. The lowest BCUT2D eigenvalue weighted by Gasteiger charge is -2.27. The molecule has 1 aliphatic carbocycles. The van der Waals surface area contributed by atoms with Gasteiger partial charge in [0.1, 0.15) is 4.90 Å². The summed E-state index contributed by atoms with van der Waals surface area (Å²) in [5, 5.41) is 0.191. The second-order valence-corrected chi connectivity index (χ2v) is 7.04. The van der Waals surface area contributed by atoms with Gasteiger partial charge in [0, 0.05) is 12.6 Å². The largest absolute Gasteiger partial charge is 0.398 e. The molecule has 1 aromatic rings. The van der Waals surface area contributed by atoms with Gasteiger partial charge in [0.05, 0.1) is 10.7 Å². The maximum Gasteiger partial charge on any atom is 0.246 e. The molecular weight excluding hydrogens is 284 g/mol. The fourth-order valence-corrected chi connectivity index (χ4v) is 5.06. The van der Waals surface area contributed by atoms with Gasteiger partial charge < -0.3 is 5.73 Å². The van der Waals surface area contributed by atoms with Gasteiger partial charge in [0.25, 0.3) is 0 Å². The van der Waals surface area contributed by atoms with Crippen LogP contribution in [0.25, 0.3) is 0 Å². The molecule has 0 aromatic heterocycles. The van der Waals surface area contributed by atoms with Crippen LogP contribution in [0.5, 0.6) is 0 Å². The number of sulfonamides is 1. The molecule has 0 atom stereocenters. The Morgan fingerprint density at radius 2 is 2.00 bits per heavy atom. The number of rotatable bonds is 4. The van der Waals surface area contributed by atoms with Crippen molar-refractivity contribution in [1.29, 1.82) is 0 Å². The number of nitrogens with zero attached hydrogens (tertiary/aromatic N) is 1. The lowest BCUT2D eigenvalue weighted by molar-refractivity contribution is 0.335. The number of nitrogens with two attached hydrogens (primary N) is 1. The van der Waals surface area contributed by atoms with Crippen molar-refractivity contribution in [3.8, 4) is 0 Å².